The highest BCUT2D eigenvalue weighted by Crippen LogP contribution is 2.35. The van der Waals surface area contributed by atoms with Gasteiger partial charge < -0.3 is 0 Å². The molecule has 2 rings (SSSR count). The van der Waals surface area contributed by atoms with Crippen LogP contribution in [0, 0.1) is 5.82 Å². The number of benzene rings is 2. The fourth-order valence-corrected chi connectivity index (χ4v) is 2.71. The largest absolute Gasteiger partial charge is 0.207 e. The van der Waals surface area contributed by atoms with Gasteiger partial charge in [0.2, 0.25) is 0 Å². The summed E-state index contributed by atoms with van der Waals surface area (Å²) in [5.74, 6) is -0.150. The molecule has 0 heterocycles. The summed E-state index contributed by atoms with van der Waals surface area (Å²) in [5, 5.41) is 0. The lowest BCUT2D eigenvalue weighted by Gasteiger charge is -2.32. The molecule has 21 heavy (non-hydrogen) atoms. The van der Waals surface area contributed by atoms with Crippen LogP contribution < -0.4 is 0 Å². The Bertz CT molecular complexity index is 582. The average Bonchev–Trinajstić information content (AvgIpc) is 2.46. The monoisotopic (exact) mass is 284 g/mol. The highest BCUT2D eigenvalue weighted by molar-refractivity contribution is 5.26. The van der Waals surface area contributed by atoms with Crippen LogP contribution >= 0.6 is 0 Å². The third kappa shape index (κ3) is 3.93. The molecule has 2 aromatic rings. The Morgan fingerprint density at radius 2 is 1.24 bits per heavy atom. The summed E-state index contributed by atoms with van der Waals surface area (Å²) in [6.45, 7) is 8.96. The lowest BCUT2D eigenvalue weighted by molar-refractivity contribution is 0.374. The number of hydrogen-bond acceptors (Lipinski definition) is 0. The summed E-state index contributed by atoms with van der Waals surface area (Å²) in [5.41, 5.74) is 2.55. The van der Waals surface area contributed by atoms with Gasteiger partial charge in [0.05, 0.1) is 0 Å². The molecule has 0 fully saturated rings. The summed E-state index contributed by atoms with van der Waals surface area (Å²) in [7, 11) is 0. The van der Waals surface area contributed by atoms with Crippen LogP contribution in [0.4, 0.5) is 4.39 Å². The van der Waals surface area contributed by atoms with Crippen molar-refractivity contribution in [1.29, 1.82) is 0 Å². The van der Waals surface area contributed by atoms with E-state index in [0.29, 0.717) is 0 Å². The first-order valence-electron chi connectivity index (χ1n) is 7.63. The van der Waals surface area contributed by atoms with Crippen molar-refractivity contribution in [2.45, 2.75) is 51.4 Å². The van der Waals surface area contributed by atoms with Crippen LogP contribution in [0.25, 0.3) is 0 Å². The molecule has 0 saturated heterocycles. The molecule has 0 aromatic heterocycles. The number of rotatable bonds is 5. The van der Waals surface area contributed by atoms with E-state index in [1.165, 1.54) is 11.6 Å². The molecular weight excluding hydrogens is 259 g/mol. The molecule has 0 bridgehead atoms. The van der Waals surface area contributed by atoms with Crippen molar-refractivity contribution in [2.75, 3.05) is 0 Å². The van der Waals surface area contributed by atoms with E-state index in [0.717, 1.165) is 18.4 Å². The first kappa shape index (κ1) is 15.8. The van der Waals surface area contributed by atoms with Crippen molar-refractivity contribution in [2.24, 2.45) is 0 Å². The van der Waals surface area contributed by atoms with E-state index in [2.05, 4.69) is 58.0 Å². The van der Waals surface area contributed by atoms with Crippen LogP contribution in [0.2, 0.25) is 0 Å². The predicted molar refractivity (Wildman–Crippen MR) is 88.1 cm³/mol. The fourth-order valence-electron chi connectivity index (χ4n) is 2.71. The van der Waals surface area contributed by atoms with E-state index in [9.17, 15) is 4.39 Å². The third-order valence-electron chi connectivity index (χ3n) is 4.54. The highest BCUT2D eigenvalue weighted by Gasteiger charge is 2.27. The van der Waals surface area contributed by atoms with Crippen molar-refractivity contribution < 1.29 is 4.39 Å². The van der Waals surface area contributed by atoms with Gasteiger partial charge in [0.1, 0.15) is 5.82 Å². The molecule has 0 N–H and O–H groups in total. The molecule has 0 aliphatic rings. The van der Waals surface area contributed by atoms with E-state index >= 15 is 0 Å². The molecule has 0 atom stereocenters. The molecule has 112 valence electrons. The maximum absolute atomic E-state index is 13.4. The fraction of sp³-hybridized carbons (Fsp3) is 0.400. The van der Waals surface area contributed by atoms with Gasteiger partial charge in [0, 0.05) is 0 Å². The van der Waals surface area contributed by atoms with Gasteiger partial charge in [-0.1, -0.05) is 70.2 Å². The Morgan fingerprint density at radius 3 is 1.81 bits per heavy atom. The molecule has 0 saturated carbocycles. The van der Waals surface area contributed by atoms with Crippen molar-refractivity contribution >= 4 is 0 Å². The molecule has 0 nitrogen and oxygen atoms in total. The van der Waals surface area contributed by atoms with E-state index in [1.807, 2.05) is 6.07 Å². The van der Waals surface area contributed by atoms with E-state index in [1.54, 1.807) is 12.1 Å². The molecule has 2 aromatic carbocycles. The Kier molecular flexibility index (Phi) is 4.51. The zero-order valence-corrected chi connectivity index (χ0v) is 13.5. The summed E-state index contributed by atoms with van der Waals surface area (Å²) in [6, 6.07) is 17.6. The second-order valence-corrected chi connectivity index (χ2v) is 7.14. The van der Waals surface area contributed by atoms with Crippen LogP contribution in [0.1, 0.15) is 51.7 Å². The molecule has 0 aliphatic heterocycles. The minimum atomic E-state index is -0.150. The van der Waals surface area contributed by atoms with Crippen LogP contribution in [0.3, 0.4) is 0 Å². The van der Waals surface area contributed by atoms with Gasteiger partial charge >= 0.3 is 0 Å². The van der Waals surface area contributed by atoms with Crippen LogP contribution in [-0.2, 0) is 10.8 Å². The molecule has 0 unspecified atom stereocenters. The molecule has 0 spiro atoms. The van der Waals surface area contributed by atoms with Crippen LogP contribution in [-0.4, -0.2) is 0 Å². The maximum atomic E-state index is 13.4. The maximum Gasteiger partial charge on any atom is 0.123 e. The van der Waals surface area contributed by atoms with E-state index < -0.39 is 0 Å². The Labute approximate surface area is 128 Å². The zero-order valence-electron chi connectivity index (χ0n) is 13.5. The van der Waals surface area contributed by atoms with Crippen LogP contribution in [0.15, 0.2) is 54.6 Å². The number of hydrogen-bond donors (Lipinski definition) is 0. The lowest BCUT2D eigenvalue weighted by Crippen LogP contribution is -2.24. The first-order chi connectivity index (χ1) is 9.81. The molecule has 1 heteroatoms. The Balaban J connectivity index is 2.11. The molecule has 0 radical (unpaired) electrons. The quantitative estimate of drug-likeness (QED) is 0.645. The van der Waals surface area contributed by atoms with Gasteiger partial charge in [-0.25, -0.2) is 4.39 Å². The number of halogens is 1. The van der Waals surface area contributed by atoms with Crippen molar-refractivity contribution in [3.05, 3.63) is 71.5 Å². The van der Waals surface area contributed by atoms with Gasteiger partial charge in [-0.05, 0) is 46.9 Å². The third-order valence-corrected chi connectivity index (χ3v) is 4.54. The van der Waals surface area contributed by atoms with Gasteiger partial charge in [-0.3, -0.25) is 0 Å². The summed E-state index contributed by atoms with van der Waals surface area (Å²) in [4.78, 5) is 0. The highest BCUT2D eigenvalue weighted by atomic mass is 19.1. The Morgan fingerprint density at radius 1 is 0.714 bits per heavy atom. The summed E-state index contributed by atoms with van der Waals surface area (Å²) < 4.78 is 13.4. The topological polar surface area (TPSA) is 0 Å². The smallest absolute Gasteiger partial charge is 0.123 e. The minimum absolute atomic E-state index is 0.0197. The normalized spacial score (nSPS) is 12.4. The Hall–Kier alpha value is -1.63. The second-order valence-electron chi connectivity index (χ2n) is 7.14. The van der Waals surface area contributed by atoms with Gasteiger partial charge in [0.15, 0.2) is 0 Å². The van der Waals surface area contributed by atoms with Crippen molar-refractivity contribution in [1.82, 2.24) is 0 Å². The van der Waals surface area contributed by atoms with E-state index in [-0.39, 0.29) is 16.6 Å². The SMILES string of the molecule is CC(C)(CCC(C)(C)c1cccc(F)c1)c1ccccc1. The molecule has 0 amide bonds. The second kappa shape index (κ2) is 6.01. The standard InChI is InChI=1S/C20H25F/c1-19(2,16-9-6-5-7-10-16)13-14-20(3,4)17-11-8-12-18(21)15-17/h5-12,15H,13-14H2,1-4H3. The van der Waals surface area contributed by atoms with Gasteiger partial charge in [-0.2, -0.15) is 0 Å². The summed E-state index contributed by atoms with van der Waals surface area (Å²) in [6.07, 6.45) is 2.10. The van der Waals surface area contributed by atoms with Crippen LogP contribution in [0.5, 0.6) is 0 Å². The molecular formula is C20H25F. The minimum Gasteiger partial charge on any atom is -0.207 e. The first-order valence-corrected chi connectivity index (χ1v) is 7.63. The lowest BCUT2D eigenvalue weighted by atomic mass is 9.73. The van der Waals surface area contributed by atoms with Crippen molar-refractivity contribution in [3.63, 3.8) is 0 Å². The van der Waals surface area contributed by atoms with E-state index in [4.69, 9.17) is 0 Å². The van der Waals surface area contributed by atoms with Gasteiger partial charge in [0.25, 0.3) is 0 Å². The van der Waals surface area contributed by atoms with Crippen molar-refractivity contribution in [3.8, 4) is 0 Å². The summed E-state index contributed by atoms with van der Waals surface area (Å²) >= 11 is 0. The predicted octanol–water partition coefficient (Wildman–Crippen LogP) is 5.86. The van der Waals surface area contributed by atoms with Gasteiger partial charge in [-0.15, -0.1) is 0 Å². The molecule has 0 aliphatic carbocycles. The average molecular weight is 284 g/mol. The zero-order chi connectivity index (χ0) is 15.5.